The zero-order valence-corrected chi connectivity index (χ0v) is 10.6. The molecule has 0 aromatic rings. The lowest BCUT2D eigenvalue weighted by molar-refractivity contribution is -0.138. The molecule has 1 saturated heterocycles. The highest BCUT2D eigenvalue weighted by atomic mass is 16.2. The van der Waals surface area contributed by atoms with Crippen LogP contribution in [0, 0.1) is 5.92 Å². The second-order valence-corrected chi connectivity index (χ2v) is 5.91. The van der Waals surface area contributed by atoms with Crippen LogP contribution in [-0.4, -0.2) is 36.0 Å². The molecule has 0 aromatic heterocycles. The van der Waals surface area contributed by atoms with Crippen molar-refractivity contribution in [3.8, 4) is 0 Å². The molecule has 1 amide bonds. The van der Waals surface area contributed by atoms with Gasteiger partial charge in [-0.15, -0.1) is 0 Å². The van der Waals surface area contributed by atoms with Gasteiger partial charge in [0.1, 0.15) is 0 Å². The molecule has 2 rings (SSSR count). The average Bonchev–Trinajstić information content (AvgIpc) is 2.28. The molecular formula is C13H24N2O. The van der Waals surface area contributed by atoms with Crippen molar-refractivity contribution in [2.24, 2.45) is 5.92 Å². The van der Waals surface area contributed by atoms with Gasteiger partial charge in [0.25, 0.3) is 0 Å². The molecule has 16 heavy (non-hydrogen) atoms. The summed E-state index contributed by atoms with van der Waals surface area (Å²) in [5.41, 5.74) is 0.0859. The lowest BCUT2D eigenvalue weighted by Crippen LogP contribution is -2.59. The van der Waals surface area contributed by atoms with E-state index in [0.29, 0.717) is 11.8 Å². The van der Waals surface area contributed by atoms with Crippen LogP contribution >= 0.6 is 0 Å². The number of piperazine rings is 1. The van der Waals surface area contributed by atoms with Gasteiger partial charge in [-0.2, -0.15) is 0 Å². The molecule has 3 nitrogen and oxygen atoms in total. The maximum Gasteiger partial charge on any atom is 0.225 e. The molecule has 0 radical (unpaired) electrons. The molecule has 0 aromatic carbocycles. The van der Waals surface area contributed by atoms with Gasteiger partial charge in [-0.1, -0.05) is 19.3 Å². The number of hydrogen-bond acceptors (Lipinski definition) is 2. The van der Waals surface area contributed by atoms with Crippen molar-refractivity contribution in [3.63, 3.8) is 0 Å². The van der Waals surface area contributed by atoms with E-state index in [1.165, 1.54) is 19.3 Å². The van der Waals surface area contributed by atoms with Crippen LogP contribution in [0.1, 0.15) is 46.0 Å². The summed E-state index contributed by atoms with van der Waals surface area (Å²) in [5.74, 6) is 0.733. The Bertz CT molecular complexity index is 257. The van der Waals surface area contributed by atoms with Gasteiger partial charge < -0.3 is 10.2 Å². The van der Waals surface area contributed by atoms with E-state index in [0.717, 1.165) is 32.5 Å². The van der Waals surface area contributed by atoms with Gasteiger partial charge >= 0.3 is 0 Å². The van der Waals surface area contributed by atoms with Crippen molar-refractivity contribution in [3.05, 3.63) is 0 Å². The Kier molecular flexibility index (Phi) is 3.53. The second kappa shape index (κ2) is 4.74. The molecule has 0 atom stereocenters. The molecule has 2 fully saturated rings. The summed E-state index contributed by atoms with van der Waals surface area (Å²) in [4.78, 5) is 14.4. The first-order valence-corrected chi connectivity index (χ1v) is 6.62. The predicted molar refractivity (Wildman–Crippen MR) is 65.2 cm³/mol. The quantitative estimate of drug-likeness (QED) is 0.736. The number of amides is 1. The maximum absolute atomic E-state index is 12.3. The molecule has 1 N–H and O–H groups in total. The fourth-order valence-corrected chi connectivity index (χ4v) is 2.94. The Hall–Kier alpha value is -0.570. The Balaban J connectivity index is 1.93. The fourth-order valence-electron chi connectivity index (χ4n) is 2.94. The van der Waals surface area contributed by atoms with Crippen LogP contribution in [0.3, 0.4) is 0 Å². The highest BCUT2D eigenvalue weighted by Gasteiger charge is 2.32. The molecule has 1 aliphatic carbocycles. The van der Waals surface area contributed by atoms with Crippen molar-refractivity contribution < 1.29 is 4.79 Å². The van der Waals surface area contributed by atoms with E-state index in [4.69, 9.17) is 0 Å². The van der Waals surface area contributed by atoms with Crippen LogP contribution in [0.5, 0.6) is 0 Å². The number of carbonyl (C=O) groups is 1. The standard InChI is InChI=1S/C13H24N2O/c1-13(2)10-15(9-8-14-13)12(16)11-6-4-3-5-7-11/h11,14H,3-10H2,1-2H3. The largest absolute Gasteiger partial charge is 0.339 e. The van der Waals surface area contributed by atoms with E-state index in [1.54, 1.807) is 0 Å². The van der Waals surface area contributed by atoms with Gasteiger partial charge in [-0.05, 0) is 26.7 Å². The van der Waals surface area contributed by atoms with Gasteiger partial charge in [0, 0.05) is 31.1 Å². The minimum Gasteiger partial charge on any atom is -0.339 e. The van der Waals surface area contributed by atoms with Gasteiger partial charge in [-0.25, -0.2) is 0 Å². The number of hydrogen-bond donors (Lipinski definition) is 1. The normalized spacial score (nSPS) is 26.8. The van der Waals surface area contributed by atoms with E-state index in [-0.39, 0.29) is 5.54 Å². The highest BCUT2D eigenvalue weighted by molar-refractivity contribution is 5.79. The molecule has 0 spiro atoms. The van der Waals surface area contributed by atoms with Crippen molar-refractivity contribution in [2.75, 3.05) is 19.6 Å². The molecule has 3 heteroatoms. The lowest BCUT2D eigenvalue weighted by atomic mass is 9.87. The van der Waals surface area contributed by atoms with Crippen molar-refractivity contribution in [2.45, 2.75) is 51.5 Å². The van der Waals surface area contributed by atoms with Crippen molar-refractivity contribution >= 4 is 5.91 Å². The summed E-state index contributed by atoms with van der Waals surface area (Å²) in [7, 11) is 0. The smallest absolute Gasteiger partial charge is 0.225 e. The van der Waals surface area contributed by atoms with E-state index in [1.807, 2.05) is 0 Å². The zero-order valence-electron chi connectivity index (χ0n) is 10.6. The Morgan fingerprint density at radius 2 is 1.94 bits per heavy atom. The summed E-state index contributed by atoms with van der Waals surface area (Å²) in [5, 5.41) is 3.45. The van der Waals surface area contributed by atoms with Crippen LogP contribution in [0.15, 0.2) is 0 Å². The predicted octanol–water partition coefficient (Wildman–Crippen LogP) is 1.78. The third-order valence-corrected chi connectivity index (χ3v) is 3.84. The van der Waals surface area contributed by atoms with Gasteiger partial charge in [0.2, 0.25) is 5.91 Å². The van der Waals surface area contributed by atoms with Gasteiger partial charge in [0.15, 0.2) is 0 Å². The third kappa shape index (κ3) is 2.76. The second-order valence-electron chi connectivity index (χ2n) is 5.91. The number of carbonyl (C=O) groups excluding carboxylic acids is 1. The fraction of sp³-hybridized carbons (Fsp3) is 0.923. The first kappa shape index (κ1) is 11.9. The summed E-state index contributed by atoms with van der Waals surface area (Å²) in [6.07, 6.45) is 6.03. The molecule has 1 aliphatic heterocycles. The summed E-state index contributed by atoms with van der Waals surface area (Å²) >= 11 is 0. The average molecular weight is 224 g/mol. The zero-order chi connectivity index (χ0) is 11.6. The molecule has 2 aliphatic rings. The summed E-state index contributed by atoms with van der Waals surface area (Å²) in [6.45, 7) is 7.03. The molecule has 92 valence electrons. The van der Waals surface area contributed by atoms with E-state index in [2.05, 4.69) is 24.1 Å². The monoisotopic (exact) mass is 224 g/mol. The van der Waals surface area contributed by atoms with Gasteiger partial charge in [-0.3, -0.25) is 4.79 Å². The molecule has 0 bridgehead atoms. The lowest BCUT2D eigenvalue weighted by Gasteiger charge is -2.41. The number of rotatable bonds is 1. The highest BCUT2D eigenvalue weighted by Crippen LogP contribution is 2.26. The minimum absolute atomic E-state index is 0.0859. The molecule has 1 heterocycles. The van der Waals surface area contributed by atoms with Crippen LogP contribution < -0.4 is 5.32 Å². The topological polar surface area (TPSA) is 32.3 Å². The van der Waals surface area contributed by atoms with Crippen molar-refractivity contribution in [1.82, 2.24) is 10.2 Å². The maximum atomic E-state index is 12.3. The summed E-state index contributed by atoms with van der Waals surface area (Å²) < 4.78 is 0. The van der Waals surface area contributed by atoms with E-state index >= 15 is 0 Å². The molecule has 0 unspecified atom stereocenters. The van der Waals surface area contributed by atoms with Crippen LogP contribution in [0.4, 0.5) is 0 Å². The third-order valence-electron chi connectivity index (χ3n) is 3.84. The molecule has 1 saturated carbocycles. The van der Waals surface area contributed by atoms with Crippen LogP contribution in [-0.2, 0) is 4.79 Å². The number of nitrogens with one attached hydrogen (secondary N) is 1. The first-order chi connectivity index (χ1) is 7.58. The summed E-state index contributed by atoms with van der Waals surface area (Å²) in [6, 6.07) is 0. The Labute approximate surface area is 98.6 Å². The van der Waals surface area contributed by atoms with Crippen LogP contribution in [0.25, 0.3) is 0 Å². The SMILES string of the molecule is CC1(C)CN(C(=O)C2CCCCC2)CCN1. The van der Waals surface area contributed by atoms with E-state index < -0.39 is 0 Å². The van der Waals surface area contributed by atoms with Crippen LogP contribution in [0.2, 0.25) is 0 Å². The van der Waals surface area contributed by atoms with Crippen molar-refractivity contribution in [1.29, 1.82) is 0 Å². The Morgan fingerprint density at radius 3 is 2.56 bits per heavy atom. The van der Waals surface area contributed by atoms with E-state index in [9.17, 15) is 4.79 Å². The Morgan fingerprint density at radius 1 is 1.25 bits per heavy atom. The number of nitrogens with zero attached hydrogens (tertiary/aromatic N) is 1. The molecular weight excluding hydrogens is 200 g/mol. The first-order valence-electron chi connectivity index (χ1n) is 6.62. The van der Waals surface area contributed by atoms with Gasteiger partial charge in [0.05, 0.1) is 0 Å². The minimum atomic E-state index is 0.0859.